The lowest BCUT2D eigenvalue weighted by molar-refractivity contribution is 0.574. The van der Waals surface area contributed by atoms with Crippen molar-refractivity contribution in [3.8, 4) is 6.07 Å². The van der Waals surface area contributed by atoms with E-state index < -0.39 is 11.2 Å². The molecule has 6 heteroatoms. The molecule has 0 spiro atoms. The normalized spacial score (nSPS) is 15.4. The molecule has 1 aromatic rings. The van der Waals surface area contributed by atoms with E-state index in [1.807, 2.05) is 6.07 Å². The molecule has 1 fully saturated rings. The summed E-state index contributed by atoms with van der Waals surface area (Å²) in [4.78, 5) is 23.7. The van der Waals surface area contributed by atoms with Crippen molar-refractivity contribution in [3.63, 3.8) is 0 Å². The molecule has 1 aliphatic carbocycles. The van der Waals surface area contributed by atoms with Crippen molar-refractivity contribution < 1.29 is 0 Å². The first-order valence-electron chi connectivity index (χ1n) is 6.50. The van der Waals surface area contributed by atoms with Gasteiger partial charge in [0.1, 0.15) is 11.9 Å². The summed E-state index contributed by atoms with van der Waals surface area (Å²) >= 11 is 0. The predicted octanol–water partition coefficient (Wildman–Crippen LogP) is 0.558. The predicted molar refractivity (Wildman–Crippen MR) is 72.1 cm³/mol. The standard InChI is InChI=1S/C13H18N4O2/c1-16-11(15-8-9-5-3-4-6-9)10(7-14)12(18)17(2)13(16)19/h9,15H,3-6,8H2,1-2H3. The molecule has 0 unspecified atom stereocenters. The van der Waals surface area contributed by atoms with Gasteiger partial charge in [-0.1, -0.05) is 12.8 Å². The van der Waals surface area contributed by atoms with Crippen LogP contribution in [-0.2, 0) is 14.1 Å². The third-order valence-corrected chi connectivity index (χ3v) is 3.81. The zero-order valence-electron chi connectivity index (χ0n) is 11.3. The fourth-order valence-electron chi connectivity index (χ4n) is 2.61. The van der Waals surface area contributed by atoms with Crippen molar-refractivity contribution >= 4 is 5.82 Å². The number of nitrogens with zero attached hydrogens (tertiary/aromatic N) is 3. The van der Waals surface area contributed by atoms with Crippen molar-refractivity contribution in [1.82, 2.24) is 9.13 Å². The summed E-state index contributed by atoms with van der Waals surface area (Å²) in [6.45, 7) is 0.703. The van der Waals surface area contributed by atoms with Gasteiger partial charge in [-0.15, -0.1) is 0 Å². The SMILES string of the molecule is Cn1c(NCC2CCCC2)c(C#N)c(=O)n(C)c1=O. The highest BCUT2D eigenvalue weighted by Gasteiger charge is 2.18. The van der Waals surface area contributed by atoms with Crippen LogP contribution in [0.3, 0.4) is 0 Å². The monoisotopic (exact) mass is 262 g/mol. The summed E-state index contributed by atoms with van der Waals surface area (Å²) < 4.78 is 2.29. The van der Waals surface area contributed by atoms with Crippen LogP contribution in [0, 0.1) is 17.2 Å². The van der Waals surface area contributed by atoms with E-state index in [2.05, 4.69) is 5.32 Å². The van der Waals surface area contributed by atoms with Gasteiger partial charge in [0.2, 0.25) is 0 Å². The number of nitrogens with one attached hydrogen (secondary N) is 1. The molecular formula is C13H18N4O2. The van der Waals surface area contributed by atoms with E-state index in [0.29, 0.717) is 18.3 Å². The van der Waals surface area contributed by atoms with E-state index in [1.54, 1.807) is 7.05 Å². The topological polar surface area (TPSA) is 79.8 Å². The second kappa shape index (κ2) is 5.31. The zero-order valence-corrected chi connectivity index (χ0v) is 11.3. The Bertz CT molecular complexity index is 630. The van der Waals surface area contributed by atoms with E-state index in [4.69, 9.17) is 5.26 Å². The van der Waals surface area contributed by atoms with Crippen LogP contribution < -0.4 is 16.6 Å². The summed E-state index contributed by atoms with van der Waals surface area (Å²) in [6, 6.07) is 1.89. The lowest BCUT2D eigenvalue weighted by Gasteiger charge is -2.16. The van der Waals surface area contributed by atoms with Gasteiger partial charge in [-0.2, -0.15) is 5.26 Å². The molecule has 2 rings (SSSR count). The van der Waals surface area contributed by atoms with Crippen molar-refractivity contribution in [2.75, 3.05) is 11.9 Å². The molecule has 0 atom stereocenters. The van der Waals surface area contributed by atoms with Gasteiger partial charge in [0, 0.05) is 20.6 Å². The molecule has 0 amide bonds. The van der Waals surface area contributed by atoms with Crippen molar-refractivity contribution in [3.05, 3.63) is 26.4 Å². The van der Waals surface area contributed by atoms with E-state index in [1.165, 1.54) is 24.5 Å². The molecular weight excluding hydrogens is 244 g/mol. The van der Waals surface area contributed by atoms with E-state index in [-0.39, 0.29) is 5.56 Å². The molecule has 1 saturated carbocycles. The molecule has 0 saturated heterocycles. The molecule has 0 aromatic carbocycles. The fourth-order valence-corrected chi connectivity index (χ4v) is 2.61. The minimum absolute atomic E-state index is 0.00240. The number of hydrogen-bond donors (Lipinski definition) is 1. The summed E-state index contributed by atoms with van der Waals surface area (Å²) in [5, 5.41) is 12.2. The average molecular weight is 262 g/mol. The van der Waals surface area contributed by atoms with Gasteiger partial charge in [0.25, 0.3) is 5.56 Å². The Balaban J connectivity index is 2.36. The first-order chi connectivity index (χ1) is 9.06. The lowest BCUT2D eigenvalue weighted by Crippen LogP contribution is -2.40. The van der Waals surface area contributed by atoms with Crippen LogP contribution in [-0.4, -0.2) is 15.7 Å². The molecule has 6 nitrogen and oxygen atoms in total. The quantitative estimate of drug-likeness (QED) is 0.863. The molecule has 1 aromatic heterocycles. The second-order valence-electron chi connectivity index (χ2n) is 5.07. The Morgan fingerprint density at radius 2 is 1.89 bits per heavy atom. The maximum Gasteiger partial charge on any atom is 0.332 e. The molecule has 1 aliphatic rings. The van der Waals surface area contributed by atoms with E-state index in [0.717, 1.165) is 17.4 Å². The van der Waals surface area contributed by atoms with Crippen LogP contribution >= 0.6 is 0 Å². The Morgan fingerprint density at radius 1 is 1.26 bits per heavy atom. The Labute approximate surface area is 111 Å². The third kappa shape index (κ3) is 2.41. The van der Waals surface area contributed by atoms with Gasteiger partial charge < -0.3 is 5.32 Å². The summed E-state index contributed by atoms with van der Waals surface area (Å²) in [5.74, 6) is 0.896. The smallest absolute Gasteiger partial charge is 0.332 e. The minimum Gasteiger partial charge on any atom is -0.370 e. The van der Waals surface area contributed by atoms with Crippen LogP contribution in [0.2, 0.25) is 0 Å². The number of hydrogen-bond acceptors (Lipinski definition) is 4. The molecule has 19 heavy (non-hydrogen) atoms. The fraction of sp³-hybridized carbons (Fsp3) is 0.615. The highest BCUT2D eigenvalue weighted by Crippen LogP contribution is 2.24. The van der Waals surface area contributed by atoms with Gasteiger partial charge in [0.05, 0.1) is 0 Å². The number of nitriles is 1. The van der Waals surface area contributed by atoms with Crippen molar-refractivity contribution in [1.29, 1.82) is 5.26 Å². The van der Waals surface area contributed by atoms with Crippen LogP contribution in [0.15, 0.2) is 9.59 Å². The Kier molecular flexibility index (Phi) is 3.74. The number of rotatable bonds is 3. The lowest BCUT2D eigenvalue weighted by atomic mass is 10.1. The highest BCUT2D eigenvalue weighted by atomic mass is 16.2. The summed E-state index contributed by atoms with van der Waals surface area (Å²) in [6.07, 6.45) is 4.78. The third-order valence-electron chi connectivity index (χ3n) is 3.81. The maximum atomic E-state index is 11.9. The average Bonchev–Trinajstić information content (AvgIpc) is 2.92. The zero-order chi connectivity index (χ0) is 14.0. The Morgan fingerprint density at radius 3 is 2.47 bits per heavy atom. The Hall–Kier alpha value is -2.03. The van der Waals surface area contributed by atoms with Crippen molar-refractivity contribution in [2.45, 2.75) is 25.7 Å². The highest BCUT2D eigenvalue weighted by molar-refractivity contribution is 5.51. The van der Waals surface area contributed by atoms with Gasteiger partial charge in [-0.05, 0) is 18.8 Å². The number of aromatic nitrogens is 2. The first-order valence-corrected chi connectivity index (χ1v) is 6.50. The van der Waals surface area contributed by atoms with Crippen LogP contribution in [0.25, 0.3) is 0 Å². The van der Waals surface area contributed by atoms with E-state index in [9.17, 15) is 9.59 Å². The largest absolute Gasteiger partial charge is 0.370 e. The van der Waals surface area contributed by atoms with Gasteiger partial charge in [0.15, 0.2) is 5.56 Å². The minimum atomic E-state index is -0.542. The molecule has 102 valence electrons. The molecule has 1 N–H and O–H groups in total. The first kappa shape index (κ1) is 13.4. The molecule has 0 bridgehead atoms. The van der Waals surface area contributed by atoms with Gasteiger partial charge >= 0.3 is 5.69 Å². The van der Waals surface area contributed by atoms with Crippen molar-refractivity contribution in [2.24, 2.45) is 20.0 Å². The maximum absolute atomic E-state index is 11.9. The van der Waals surface area contributed by atoms with Crippen LogP contribution in [0.4, 0.5) is 5.82 Å². The molecule has 0 radical (unpaired) electrons. The summed E-state index contributed by atoms with van der Waals surface area (Å²) in [5.41, 5.74) is -0.958. The van der Waals surface area contributed by atoms with Gasteiger partial charge in [-0.25, -0.2) is 4.79 Å². The van der Waals surface area contributed by atoms with E-state index >= 15 is 0 Å². The summed E-state index contributed by atoms with van der Waals surface area (Å²) in [7, 11) is 2.95. The second-order valence-corrected chi connectivity index (χ2v) is 5.07. The molecule has 1 heterocycles. The van der Waals surface area contributed by atoms with Crippen LogP contribution in [0.1, 0.15) is 31.2 Å². The van der Waals surface area contributed by atoms with Gasteiger partial charge in [-0.3, -0.25) is 13.9 Å². The van der Waals surface area contributed by atoms with Crippen LogP contribution in [0.5, 0.6) is 0 Å². The molecule has 0 aliphatic heterocycles. The number of anilines is 1.